The van der Waals surface area contributed by atoms with Gasteiger partial charge in [-0.3, -0.25) is 0 Å². The Morgan fingerprint density at radius 3 is 2.76 bits per heavy atom. The lowest BCUT2D eigenvalue weighted by Gasteiger charge is -2.00. The fourth-order valence-corrected chi connectivity index (χ4v) is 2.12. The largest absolute Gasteiger partial charge is 0.493 e. The van der Waals surface area contributed by atoms with Crippen LogP contribution in [0.1, 0.15) is 25.2 Å². The lowest BCUT2D eigenvalue weighted by molar-refractivity contribution is 0.406. The number of furan rings is 1. The zero-order valence-corrected chi connectivity index (χ0v) is 10.7. The first kappa shape index (κ1) is 12.0. The maximum Gasteiger partial charge on any atom is 0.176 e. The standard InChI is InChI=1S/C14H19NO2/c1-4-10-11-7-6-8-12(16-3)14(11)17-13(10)9-15-5-2/h6-8,15H,4-5,9H2,1-3H3. The van der Waals surface area contributed by atoms with Crippen LogP contribution < -0.4 is 10.1 Å². The van der Waals surface area contributed by atoms with Crippen molar-refractivity contribution in [3.05, 3.63) is 29.5 Å². The Labute approximate surface area is 102 Å². The van der Waals surface area contributed by atoms with E-state index in [1.54, 1.807) is 7.11 Å². The van der Waals surface area contributed by atoms with Crippen molar-refractivity contribution in [2.45, 2.75) is 26.8 Å². The van der Waals surface area contributed by atoms with Gasteiger partial charge in [0, 0.05) is 10.9 Å². The fourth-order valence-electron chi connectivity index (χ4n) is 2.12. The van der Waals surface area contributed by atoms with Crippen LogP contribution in [0, 0.1) is 0 Å². The molecule has 0 saturated heterocycles. The zero-order valence-electron chi connectivity index (χ0n) is 10.7. The van der Waals surface area contributed by atoms with Gasteiger partial charge in [0.1, 0.15) is 5.76 Å². The van der Waals surface area contributed by atoms with Gasteiger partial charge in [-0.25, -0.2) is 0 Å². The zero-order chi connectivity index (χ0) is 12.3. The highest BCUT2D eigenvalue weighted by Gasteiger charge is 2.14. The highest BCUT2D eigenvalue weighted by molar-refractivity contribution is 5.87. The Balaban J connectivity index is 2.53. The molecule has 0 radical (unpaired) electrons. The van der Waals surface area contributed by atoms with Crippen LogP contribution in [-0.2, 0) is 13.0 Å². The molecule has 0 aliphatic rings. The molecule has 1 N–H and O–H groups in total. The molecule has 0 saturated carbocycles. The Bertz CT molecular complexity index is 502. The summed E-state index contributed by atoms with van der Waals surface area (Å²) in [4.78, 5) is 0. The van der Waals surface area contributed by atoms with Crippen molar-refractivity contribution in [1.29, 1.82) is 0 Å². The predicted octanol–water partition coefficient (Wildman–Crippen LogP) is 3.11. The number of hydrogen-bond acceptors (Lipinski definition) is 3. The van der Waals surface area contributed by atoms with Gasteiger partial charge in [0.25, 0.3) is 0 Å². The maximum absolute atomic E-state index is 5.93. The molecule has 0 atom stereocenters. The number of para-hydroxylation sites is 1. The van der Waals surface area contributed by atoms with E-state index < -0.39 is 0 Å². The van der Waals surface area contributed by atoms with Gasteiger partial charge >= 0.3 is 0 Å². The third-order valence-corrected chi connectivity index (χ3v) is 2.97. The van der Waals surface area contributed by atoms with E-state index in [4.69, 9.17) is 9.15 Å². The van der Waals surface area contributed by atoms with E-state index in [1.165, 1.54) is 10.9 Å². The van der Waals surface area contributed by atoms with Gasteiger partial charge in [-0.2, -0.15) is 0 Å². The summed E-state index contributed by atoms with van der Waals surface area (Å²) in [6.07, 6.45) is 0.973. The lowest BCUT2D eigenvalue weighted by Crippen LogP contribution is -2.12. The van der Waals surface area contributed by atoms with Crippen molar-refractivity contribution in [1.82, 2.24) is 5.32 Å². The highest BCUT2D eigenvalue weighted by Crippen LogP contribution is 2.32. The summed E-state index contributed by atoms with van der Waals surface area (Å²) in [5, 5.41) is 4.47. The smallest absolute Gasteiger partial charge is 0.176 e. The average molecular weight is 233 g/mol. The predicted molar refractivity (Wildman–Crippen MR) is 69.5 cm³/mol. The number of benzene rings is 1. The molecule has 3 nitrogen and oxygen atoms in total. The molecule has 17 heavy (non-hydrogen) atoms. The molecule has 3 heteroatoms. The van der Waals surface area contributed by atoms with Crippen molar-refractivity contribution < 1.29 is 9.15 Å². The van der Waals surface area contributed by atoms with Crippen LogP contribution >= 0.6 is 0 Å². The van der Waals surface area contributed by atoms with Gasteiger partial charge in [0.05, 0.1) is 13.7 Å². The van der Waals surface area contributed by atoms with Gasteiger partial charge in [0.2, 0.25) is 0 Å². The second kappa shape index (κ2) is 5.23. The first-order valence-electron chi connectivity index (χ1n) is 6.09. The molecule has 2 rings (SSSR count). The van der Waals surface area contributed by atoms with Crippen molar-refractivity contribution in [3.8, 4) is 5.75 Å². The Morgan fingerprint density at radius 2 is 2.12 bits per heavy atom. The molecular formula is C14H19NO2. The van der Waals surface area contributed by atoms with Crippen molar-refractivity contribution in [2.24, 2.45) is 0 Å². The number of aryl methyl sites for hydroxylation is 1. The molecule has 1 aromatic carbocycles. The maximum atomic E-state index is 5.93. The van der Waals surface area contributed by atoms with Gasteiger partial charge in [-0.15, -0.1) is 0 Å². The number of nitrogens with one attached hydrogen (secondary N) is 1. The molecule has 1 aromatic heterocycles. The quantitative estimate of drug-likeness (QED) is 0.861. The first-order valence-corrected chi connectivity index (χ1v) is 6.09. The van der Waals surface area contributed by atoms with Gasteiger partial charge in [-0.05, 0) is 19.0 Å². The second-order valence-corrected chi connectivity index (χ2v) is 3.97. The van der Waals surface area contributed by atoms with E-state index >= 15 is 0 Å². The summed E-state index contributed by atoms with van der Waals surface area (Å²) in [6, 6.07) is 6.03. The van der Waals surface area contributed by atoms with Gasteiger partial charge < -0.3 is 14.5 Å². The van der Waals surface area contributed by atoms with E-state index in [-0.39, 0.29) is 0 Å². The monoisotopic (exact) mass is 233 g/mol. The van der Waals surface area contributed by atoms with Crippen LogP contribution in [0.2, 0.25) is 0 Å². The number of rotatable bonds is 5. The summed E-state index contributed by atoms with van der Waals surface area (Å²) >= 11 is 0. The molecule has 0 unspecified atom stereocenters. The molecule has 0 fully saturated rings. The Hall–Kier alpha value is -1.48. The molecular weight excluding hydrogens is 214 g/mol. The lowest BCUT2D eigenvalue weighted by atomic mass is 10.1. The third kappa shape index (κ3) is 2.15. The molecule has 0 aliphatic carbocycles. The Kier molecular flexibility index (Phi) is 3.69. The number of hydrogen-bond donors (Lipinski definition) is 1. The SMILES string of the molecule is CCNCc1oc2c(OC)cccc2c1CC. The highest BCUT2D eigenvalue weighted by atomic mass is 16.5. The minimum absolute atomic E-state index is 0.775. The summed E-state index contributed by atoms with van der Waals surface area (Å²) in [5.74, 6) is 1.83. The summed E-state index contributed by atoms with van der Waals surface area (Å²) in [6.45, 7) is 5.96. The van der Waals surface area contributed by atoms with E-state index in [9.17, 15) is 0 Å². The van der Waals surface area contributed by atoms with Gasteiger partial charge in [0.15, 0.2) is 11.3 Å². The fraction of sp³-hybridized carbons (Fsp3) is 0.429. The van der Waals surface area contributed by atoms with Crippen LogP contribution in [0.25, 0.3) is 11.0 Å². The van der Waals surface area contributed by atoms with Gasteiger partial charge in [-0.1, -0.05) is 26.0 Å². The molecule has 0 bridgehead atoms. The molecule has 1 heterocycles. The molecule has 0 aliphatic heterocycles. The number of methoxy groups -OCH3 is 1. The summed E-state index contributed by atoms with van der Waals surface area (Å²) < 4.78 is 11.3. The van der Waals surface area contributed by atoms with Crippen LogP contribution in [0.3, 0.4) is 0 Å². The van der Waals surface area contributed by atoms with Crippen LogP contribution in [0.5, 0.6) is 5.75 Å². The number of fused-ring (bicyclic) bond motifs is 1. The van der Waals surface area contributed by atoms with Crippen molar-refractivity contribution in [3.63, 3.8) is 0 Å². The summed E-state index contributed by atoms with van der Waals surface area (Å²) in [7, 11) is 1.67. The van der Waals surface area contributed by atoms with E-state index in [2.05, 4.69) is 25.2 Å². The molecule has 92 valence electrons. The van der Waals surface area contributed by atoms with E-state index in [0.717, 1.165) is 36.6 Å². The minimum atomic E-state index is 0.775. The first-order chi connectivity index (χ1) is 8.31. The third-order valence-electron chi connectivity index (χ3n) is 2.97. The normalized spacial score (nSPS) is 11.0. The van der Waals surface area contributed by atoms with E-state index in [0.29, 0.717) is 0 Å². The average Bonchev–Trinajstić information content (AvgIpc) is 2.73. The molecule has 2 aromatic rings. The molecule has 0 spiro atoms. The Morgan fingerprint density at radius 1 is 1.29 bits per heavy atom. The van der Waals surface area contributed by atoms with Crippen LogP contribution in [-0.4, -0.2) is 13.7 Å². The van der Waals surface area contributed by atoms with Crippen molar-refractivity contribution in [2.75, 3.05) is 13.7 Å². The summed E-state index contributed by atoms with van der Waals surface area (Å²) in [5.41, 5.74) is 2.14. The van der Waals surface area contributed by atoms with E-state index in [1.807, 2.05) is 12.1 Å². The van der Waals surface area contributed by atoms with Crippen LogP contribution in [0.15, 0.2) is 22.6 Å². The number of ether oxygens (including phenoxy) is 1. The second-order valence-electron chi connectivity index (χ2n) is 3.97. The minimum Gasteiger partial charge on any atom is -0.493 e. The van der Waals surface area contributed by atoms with Crippen molar-refractivity contribution >= 4 is 11.0 Å². The van der Waals surface area contributed by atoms with Crippen LogP contribution in [0.4, 0.5) is 0 Å². The molecule has 0 amide bonds. The topological polar surface area (TPSA) is 34.4 Å².